The molecule has 0 spiro atoms. The average molecular weight is 356 g/mol. The van der Waals surface area contributed by atoms with E-state index in [1.165, 1.54) is 0 Å². The summed E-state index contributed by atoms with van der Waals surface area (Å²) in [5.74, 6) is 0.568. The van der Waals surface area contributed by atoms with E-state index in [1.807, 2.05) is 31.5 Å². The molecular formula is C19H25N5S. The normalized spacial score (nSPS) is 13.2. The number of aromatic nitrogens is 3. The highest BCUT2D eigenvalue weighted by Crippen LogP contribution is 2.27. The molecule has 25 heavy (non-hydrogen) atoms. The first kappa shape index (κ1) is 19.0. The molecule has 2 heterocycles. The van der Waals surface area contributed by atoms with Crippen LogP contribution < -0.4 is 11.1 Å². The number of hydrogen-bond acceptors (Lipinski definition) is 6. The zero-order valence-corrected chi connectivity index (χ0v) is 15.6. The smallest absolute Gasteiger partial charge is 0.226 e. The summed E-state index contributed by atoms with van der Waals surface area (Å²) in [6.07, 6.45) is 14.3. The number of unbranched alkanes of at least 4 members (excludes halogenated alkanes) is 1. The maximum absolute atomic E-state index is 6.19. The Morgan fingerprint density at radius 1 is 1.36 bits per heavy atom. The van der Waals surface area contributed by atoms with Crippen molar-refractivity contribution in [3.8, 4) is 0 Å². The zero-order chi connectivity index (χ0) is 18.1. The highest BCUT2D eigenvalue weighted by Gasteiger charge is 2.11. The first-order valence-electron chi connectivity index (χ1n) is 8.39. The molecule has 0 amide bonds. The minimum Gasteiger partial charge on any atom is -0.331 e. The summed E-state index contributed by atoms with van der Waals surface area (Å²) in [4.78, 5) is 13.7. The summed E-state index contributed by atoms with van der Waals surface area (Å²) in [5, 5.41) is 4.01. The van der Waals surface area contributed by atoms with Crippen LogP contribution in [-0.4, -0.2) is 15.0 Å². The lowest BCUT2D eigenvalue weighted by Crippen LogP contribution is -2.09. The quantitative estimate of drug-likeness (QED) is 0.637. The fourth-order valence-corrected chi connectivity index (χ4v) is 3.07. The summed E-state index contributed by atoms with van der Waals surface area (Å²) >= 11 is 1.62. The number of hydrogen-bond donors (Lipinski definition) is 2. The number of rotatable bonds is 9. The van der Waals surface area contributed by atoms with Gasteiger partial charge in [-0.2, -0.15) is 0 Å². The Labute approximate surface area is 153 Å². The van der Waals surface area contributed by atoms with E-state index in [9.17, 15) is 0 Å². The molecule has 0 saturated heterocycles. The van der Waals surface area contributed by atoms with Gasteiger partial charge in [-0.05, 0) is 36.6 Å². The van der Waals surface area contributed by atoms with Crippen molar-refractivity contribution < 1.29 is 0 Å². The highest BCUT2D eigenvalue weighted by molar-refractivity contribution is 7.12. The van der Waals surface area contributed by atoms with Crippen molar-refractivity contribution in [2.45, 2.75) is 39.2 Å². The maximum Gasteiger partial charge on any atom is 0.226 e. The summed E-state index contributed by atoms with van der Waals surface area (Å²) in [7, 11) is 0. The third-order valence-electron chi connectivity index (χ3n) is 3.55. The molecule has 2 aromatic rings. The molecule has 1 unspecified atom stereocenters. The van der Waals surface area contributed by atoms with Gasteiger partial charge in [0, 0.05) is 24.8 Å². The van der Waals surface area contributed by atoms with E-state index in [-0.39, 0.29) is 6.04 Å². The Morgan fingerprint density at radius 2 is 2.12 bits per heavy atom. The van der Waals surface area contributed by atoms with Crippen molar-refractivity contribution in [2.75, 3.05) is 5.32 Å². The summed E-state index contributed by atoms with van der Waals surface area (Å²) in [6.45, 7) is 8.33. The molecular weight excluding hydrogens is 330 g/mol. The molecule has 0 saturated carbocycles. The summed E-state index contributed by atoms with van der Waals surface area (Å²) in [5.41, 5.74) is 8.19. The van der Waals surface area contributed by atoms with Crippen LogP contribution in [-0.2, 0) is 0 Å². The van der Waals surface area contributed by atoms with Crippen LogP contribution in [0.15, 0.2) is 55.2 Å². The molecule has 0 bridgehead atoms. The van der Waals surface area contributed by atoms with E-state index in [4.69, 9.17) is 5.73 Å². The van der Waals surface area contributed by atoms with Crippen molar-refractivity contribution in [1.29, 1.82) is 0 Å². The minimum atomic E-state index is 0.0199. The topological polar surface area (TPSA) is 76.7 Å². The van der Waals surface area contributed by atoms with Crippen LogP contribution in [0.25, 0.3) is 5.57 Å². The lowest BCUT2D eigenvalue weighted by atomic mass is 10.1. The monoisotopic (exact) mass is 355 g/mol. The van der Waals surface area contributed by atoms with Crippen molar-refractivity contribution in [3.63, 3.8) is 0 Å². The van der Waals surface area contributed by atoms with E-state index in [2.05, 4.69) is 33.8 Å². The van der Waals surface area contributed by atoms with Gasteiger partial charge >= 0.3 is 0 Å². The van der Waals surface area contributed by atoms with Gasteiger partial charge in [-0.25, -0.2) is 15.0 Å². The standard InChI is InChI=1S/C19H25N5S/c1-4-5-7-16(20)18-24-13-17(25-18)15(3)12-14(2)8-11-23-19-21-9-6-10-22-19/h6,8-13,16H,3-5,7,20H2,1-2H3,(H,21,22,23)/b11-8+,14-12-. The predicted octanol–water partition coefficient (Wildman–Crippen LogP) is 4.71. The zero-order valence-electron chi connectivity index (χ0n) is 14.8. The summed E-state index contributed by atoms with van der Waals surface area (Å²) < 4.78 is 0. The van der Waals surface area contributed by atoms with Crippen LogP contribution >= 0.6 is 11.3 Å². The molecule has 6 heteroatoms. The number of nitrogens with zero attached hydrogens (tertiary/aromatic N) is 3. The lowest BCUT2D eigenvalue weighted by molar-refractivity contribution is 0.600. The largest absolute Gasteiger partial charge is 0.331 e. The maximum atomic E-state index is 6.19. The summed E-state index contributed by atoms with van der Waals surface area (Å²) in [6, 6.07) is 1.80. The van der Waals surface area contributed by atoms with Crippen LogP contribution in [0.1, 0.15) is 49.0 Å². The van der Waals surface area contributed by atoms with Crippen LogP contribution in [0.4, 0.5) is 5.95 Å². The number of nitrogens with two attached hydrogens (primary N) is 1. The first-order valence-corrected chi connectivity index (χ1v) is 9.20. The third-order valence-corrected chi connectivity index (χ3v) is 4.76. The highest BCUT2D eigenvalue weighted by atomic mass is 32.1. The molecule has 0 aliphatic carbocycles. The second-order valence-electron chi connectivity index (χ2n) is 5.78. The van der Waals surface area contributed by atoms with Crippen LogP contribution in [0.2, 0.25) is 0 Å². The predicted molar refractivity (Wildman–Crippen MR) is 106 cm³/mol. The molecule has 132 valence electrons. The van der Waals surface area contributed by atoms with Gasteiger partial charge in [-0.15, -0.1) is 11.3 Å². The Morgan fingerprint density at radius 3 is 2.84 bits per heavy atom. The van der Waals surface area contributed by atoms with Gasteiger partial charge in [0.1, 0.15) is 5.01 Å². The number of anilines is 1. The van der Waals surface area contributed by atoms with E-state index in [0.717, 1.165) is 40.3 Å². The molecule has 0 fully saturated rings. The van der Waals surface area contributed by atoms with Gasteiger partial charge in [0.15, 0.2) is 0 Å². The fraction of sp³-hybridized carbons (Fsp3) is 0.316. The van der Waals surface area contributed by atoms with Crippen LogP contribution in [0.3, 0.4) is 0 Å². The molecule has 0 aliphatic rings. The van der Waals surface area contributed by atoms with Crippen molar-refractivity contribution in [2.24, 2.45) is 5.73 Å². The van der Waals surface area contributed by atoms with Gasteiger partial charge in [-0.3, -0.25) is 0 Å². The van der Waals surface area contributed by atoms with Crippen LogP contribution in [0, 0.1) is 0 Å². The van der Waals surface area contributed by atoms with Gasteiger partial charge in [-0.1, -0.05) is 32.4 Å². The van der Waals surface area contributed by atoms with Gasteiger partial charge in [0.25, 0.3) is 0 Å². The van der Waals surface area contributed by atoms with Crippen LogP contribution in [0.5, 0.6) is 0 Å². The molecule has 0 radical (unpaired) electrons. The number of allylic oxidation sites excluding steroid dienone is 4. The Hall–Kier alpha value is -2.31. The molecule has 1 atom stereocenters. The second kappa shape index (κ2) is 9.86. The lowest BCUT2D eigenvalue weighted by Gasteiger charge is -2.06. The minimum absolute atomic E-state index is 0.0199. The molecule has 5 nitrogen and oxygen atoms in total. The Kier molecular flexibility index (Phi) is 7.50. The van der Waals surface area contributed by atoms with Gasteiger partial charge in [0.05, 0.1) is 10.9 Å². The van der Waals surface area contributed by atoms with E-state index >= 15 is 0 Å². The van der Waals surface area contributed by atoms with E-state index in [1.54, 1.807) is 29.8 Å². The average Bonchev–Trinajstić information content (AvgIpc) is 3.11. The third kappa shape index (κ3) is 6.25. The molecule has 3 N–H and O–H groups in total. The number of nitrogens with one attached hydrogen (secondary N) is 1. The van der Waals surface area contributed by atoms with Crippen molar-refractivity contribution >= 4 is 22.9 Å². The molecule has 0 aliphatic heterocycles. The second-order valence-corrected chi connectivity index (χ2v) is 6.84. The van der Waals surface area contributed by atoms with E-state index in [0.29, 0.717) is 5.95 Å². The fourth-order valence-electron chi connectivity index (χ4n) is 2.17. The number of thiazole rings is 1. The Balaban J connectivity index is 1.93. The molecule has 2 rings (SSSR count). The van der Waals surface area contributed by atoms with Crippen molar-refractivity contribution in [3.05, 3.63) is 65.0 Å². The van der Waals surface area contributed by atoms with Gasteiger partial charge in [0.2, 0.25) is 5.95 Å². The molecule has 0 aromatic carbocycles. The SMILES string of the molecule is C=C(/C=C(C)\C=C\Nc1ncccn1)c1cnc(C(N)CCCC)s1. The van der Waals surface area contributed by atoms with E-state index < -0.39 is 0 Å². The first-order chi connectivity index (χ1) is 12.1. The van der Waals surface area contributed by atoms with Gasteiger partial charge < -0.3 is 11.1 Å². The van der Waals surface area contributed by atoms with Crippen molar-refractivity contribution in [1.82, 2.24) is 15.0 Å². The Bertz CT molecular complexity index is 733. The molecule has 2 aromatic heterocycles.